The van der Waals surface area contributed by atoms with Gasteiger partial charge in [0.05, 0.1) is 10.9 Å². The molecular weight excluding hydrogens is 524 g/mol. The minimum atomic E-state index is -5.25. The lowest BCUT2D eigenvalue weighted by atomic mass is 10.0. The van der Waals surface area contributed by atoms with E-state index in [1.54, 1.807) is 30.3 Å². The molecule has 2 amide bonds. The van der Waals surface area contributed by atoms with E-state index in [4.69, 9.17) is 10.7 Å². The first-order chi connectivity index (χ1) is 16.8. The lowest BCUT2D eigenvalue weighted by Crippen LogP contribution is -2.50. The number of rotatable bonds is 8. The number of nitrogens with one attached hydrogen (secondary N) is 1. The molecule has 6 nitrogen and oxygen atoms in total. The normalized spacial score (nSPS) is 12.6. The molecule has 12 heteroatoms. The van der Waals surface area contributed by atoms with Gasteiger partial charge in [-0.3, -0.25) is 9.59 Å². The van der Waals surface area contributed by atoms with Crippen molar-refractivity contribution in [1.29, 1.82) is 0 Å². The SMILES string of the molecule is O=C(N[C@@H](Cc1ccccc1)CN(C(=O)C(F)(F)F)c1ccc(S(=O)(=O)Cl)cc1)c1ccc(F)cc1. The standard InChI is InChI=1S/C24H19ClF4N2O4S/c25-36(34,35)21-12-10-20(11-13-21)31(23(33)24(27,28)29)15-19(14-16-4-2-1-3-5-16)30-22(32)17-6-8-18(26)9-7-17/h1-13,19H,14-15H2,(H,30,32)/t19-/m0/s1. The summed E-state index contributed by atoms with van der Waals surface area (Å²) in [6.45, 7) is -0.604. The van der Waals surface area contributed by atoms with Gasteiger partial charge in [-0.25, -0.2) is 12.8 Å². The first kappa shape index (κ1) is 27.2. The van der Waals surface area contributed by atoms with Crippen LogP contribution in [0.15, 0.2) is 83.8 Å². The number of halogens is 5. The lowest BCUT2D eigenvalue weighted by molar-refractivity contribution is -0.170. The molecule has 3 rings (SSSR count). The number of hydrogen-bond donors (Lipinski definition) is 1. The third kappa shape index (κ3) is 7.28. The fourth-order valence-corrected chi connectivity index (χ4v) is 4.17. The summed E-state index contributed by atoms with van der Waals surface area (Å²) < 4.78 is 76.6. The number of alkyl halides is 3. The van der Waals surface area contributed by atoms with Gasteiger partial charge in [0.1, 0.15) is 5.82 Å². The van der Waals surface area contributed by atoms with Crippen LogP contribution in [0, 0.1) is 5.82 Å². The Kier molecular flexibility index (Phi) is 8.36. The van der Waals surface area contributed by atoms with E-state index in [1.807, 2.05) is 0 Å². The number of amides is 2. The predicted molar refractivity (Wildman–Crippen MR) is 126 cm³/mol. The number of carbonyl (C=O) groups is 2. The van der Waals surface area contributed by atoms with Gasteiger partial charge in [-0.1, -0.05) is 30.3 Å². The first-order valence-electron chi connectivity index (χ1n) is 10.4. The number of anilines is 1. The summed E-state index contributed by atoms with van der Waals surface area (Å²) in [4.78, 5) is 25.1. The van der Waals surface area contributed by atoms with Crippen LogP contribution in [0.3, 0.4) is 0 Å². The molecule has 0 spiro atoms. The summed E-state index contributed by atoms with van der Waals surface area (Å²) in [5.41, 5.74) is 0.486. The molecule has 0 saturated carbocycles. The van der Waals surface area contributed by atoms with Crippen LogP contribution >= 0.6 is 10.7 Å². The van der Waals surface area contributed by atoms with E-state index in [0.717, 1.165) is 36.4 Å². The topological polar surface area (TPSA) is 83.6 Å². The molecule has 3 aromatic rings. The summed E-state index contributed by atoms with van der Waals surface area (Å²) in [7, 11) is 1.12. The molecule has 0 fully saturated rings. The Morgan fingerprint density at radius 3 is 2.03 bits per heavy atom. The maximum atomic E-state index is 13.5. The van der Waals surface area contributed by atoms with Crippen LogP contribution in [0.5, 0.6) is 0 Å². The lowest BCUT2D eigenvalue weighted by Gasteiger charge is -2.29. The molecule has 0 unspecified atom stereocenters. The maximum Gasteiger partial charge on any atom is 0.471 e. The Balaban J connectivity index is 1.96. The fourth-order valence-electron chi connectivity index (χ4n) is 3.40. The molecule has 0 aliphatic heterocycles. The molecule has 0 radical (unpaired) electrons. The molecule has 1 N–H and O–H groups in total. The van der Waals surface area contributed by atoms with Crippen molar-refractivity contribution in [2.45, 2.75) is 23.5 Å². The summed E-state index contributed by atoms with van der Waals surface area (Å²) >= 11 is 0. The smallest absolute Gasteiger partial charge is 0.347 e. The third-order valence-corrected chi connectivity index (χ3v) is 6.46. The van der Waals surface area contributed by atoms with Gasteiger partial charge in [-0.2, -0.15) is 13.2 Å². The molecule has 0 heterocycles. The Morgan fingerprint density at radius 1 is 0.917 bits per heavy atom. The minimum absolute atomic E-state index is 0.0591. The monoisotopic (exact) mass is 542 g/mol. The highest BCUT2D eigenvalue weighted by Gasteiger charge is 2.43. The van der Waals surface area contributed by atoms with Crippen LogP contribution in [-0.2, 0) is 20.3 Å². The summed E-state index contributed by atoms with van der Waals surface area (Å²) in [6.07, 6.45) is -5.20. The van der Waals surface area contributed by atoms with Crippen molar-refractivity contribution in [1.82, 2.24) is 5.32 Å². The minimum Gasteiger partial charge on any atom is -0.347 e. The van der Waals surface area contributed by atoms with Gasteiger partial charge in [0.2, 0.25) is 0 Å². The molecule has 1 atom stereocenters. The molecule has 36 heavy (non-hydrogen) atoms. The third-order valence-electron chi connectivity index (χ3n) is 5.09. The summed E-state index contributed by atoms with van der Waals surface area (Å²) in [5.74, 6) is -3.46. The van der Waals surface area contributed by atoms with Crippen molar-refractivity contribution in [3.8, 4) is 0 Å². The Bertz CT molecular complexity index is 1320. The Hall–Kier alpha value is -3.44. The Morgan fingerprint density at radius 2 is 1.50 bits per heavy atom. The molecule has 0 bridgehead atoms. The van der Waals surface area contributed by atoms with Crippen molar-refractivity contribution in [2.24, 2.45) is 0 Å². The van der Waals surface area contributed by atoms with E-state index in [-0.39, 0.29) is 22.6 Å². The second kappa shape index (κ2) is 11.1. The van der Waals surface area contributed by atoms with Gasteiger partial charge in [-0.15, -0.1) is 0 Å². The van der Waals surface area contributed by atoms with E-state index < -0.39 is 45.4 Å². The second-order valence-corrected chi connectivity index (χ2v) is 10.3. The predicted octanol–water partition coefficient (Wildman–Crippen LogP) is 4.69. The zero-order valence-corrected chi connectivity index (χ0v) is 19.9. The largest absolute Gasteiger partial charge is 0.471 e. The highest BCUT2D eigenvalue weighted by molar-refractivity contribution is 8.13. The van der Waals surface area contributed by atoms with E-state index in [1.165, 1.54) is 12.1 Å². The average Bonchev–Trinajstić information content (AvgIpc) is 2.82. The van der Waals surface area contributed by atoms with Gasteiger partial charge < -0.3 is 10.2 Å². The molecule has 0 saturated heterocycles. The van der Waals surface area contributed by atoms with E-state index in [2.05, 4.69) is 5.32 Å². The van der Waals surface area contributed by atoms with Gasteiger partial charge in [0, 0.05) is 28.5 Å². The number of carbonyl (C=O) groups excluding carboxylic acids is 2. The van der Waals surface area contributed by atoms with Gasteiger partial charge in [-0.05, 0) is 60.5 Å². The van der Waals surface area contributed by atoms with Crippen molar-refractivity contribution in [3.63, 3.8) is 0 Å². The summed E-state index contributed by atoms with van der Waals surface area (Å²) in [6, 6.07) is 16.1. The zero-order chi connectivity index (χ0) is 26.5. The van der Waals surface area contributed by atoms with Crippen molar-refractivity contribution < 1.29 is 35.6 Å². The number of nitrogens with zero attached hydrogens (tertiary/aromatic N) is 1. The van der Waals surface area contributed by atoms with E-state index in [9.17, 15) is 35.6 Å². The number of benzene rings is 3. The zero-order valence-electron chi connectivity index (χ0n) is 18.4. The van der Waals surface area contributed by atoms with Gasteiger partial charge in [0.15, 0.2) is 0 Å². The molecule has 0 aliphatic rings. The highest BCUT2D eigenvalue weighted by atomic mass is 35.7. The molecule has 3 aromatic carbocycles. The van der Waals surface area contributed by atoms with E-state index in [0.29, 0.717) is 10.5 Å². The van der Waals surface area contributed by atoms with Crippen LogP contribution in [0.2, 0.25) is 0 Å². The van der Waals surface area contributed by atoms with Crippen LogP contribution < -0.4 is 10.2 Å². The molecule has 190 valence electrons. The highest BCUT2D eigenvalue weighted by Crippen LogP contribution is 2.26. The van der Waals surface area contributed by atoms with Crippen LogP contribution in [0.4, 0.5) is 23.2 Å². The fraction of sp³-hybridized carbons (Fsp3) is 0.167. The summed E-state index contributed by atoms with van der Waals surface area (Å²) in [5, 5.41) is 2.60. The quantitative estimate of drug-likeness (QED) is 0.331. The van der Waals surface area contributed by atoms with Gasteiger partial charge >= 0.3 is 12.1 Å². The first-order valence-corrected chi connectivity index (χ1v) is 12.7. The van der Waals surface area contributed by atoms with Crippen molar-refractivity contribution >= 4 is 37.2 Å². The van der Waals surface area contributed by atoms with Gasteiger partial charge in [0.25, 0.3) is 15.0 Å². The Labute approximate surface area is 208 Å². The van der Waals surface area contributed by atoms with Crippen molar-refractivity contribution in [3.05, 3.63) is 95.8 Å². The molecule has 0 aromatic heterocycles. The molecule has 0 aliphatic carbocycles. The molecular formula is C24H19ClF4N2O4S. The average molecular weight is 543 g/mol. The number of hydrogen-bond acceptors (Lipinski definition) is 4. The van der Waals surface area contributed by atoms with Crippen LogP contribution in [0.25, 0.3) is 0 Å². The van der Waals surface area contributed by atoms with Crippen molar-refractivity contribution in [2.75, 3.05) is 11.4 Å². The van der Waals surface area contributed by atoms with Crippen LogP contribution in [-0.4, -0.2) is 39.0 Å². The maximum absolute atomic E-state index is 13.5. The second-order valence-electron chi connectivity index (χ2n) is 7.71. The van der Waals surface area contributed by atoms with E-state index >= 15 is 0 Å². The van der Waals surface area contributed by atoms with Crippen LogP contribution in [0.1, 0.15) is 15.9 Å².